The molecule has 0 aliphatic rings. The van der Waals surface area contributed by atoms with Gasteiger partial charge in [0.05, 0.1) is 23.1 Å². The number of carbonyl (C=O) groups excluding carboxylic acids is 1. The molecule has 0 fully saturated rings. The van der Waals surface area contributed by atoms with Crippen LogP contribution in [0.4, 0.5) is 17.6 Å². The fourth-order valence-corrected chi connectivity index (χ4v) is 4.90. The van der Waals surface area contributed by atoms with Crippen molar-refractivity contribution in [3.8, 4) is 11.1 Å². The van der Waals surface area contributed by atoms with Gasteiger partial charge in [0.1, 0.15) is 5.82 Å². The first-order chi connectivity index (χ1) is 16.9. The largest absolute Gasteiger partial charge is 0.416 e. The molecule has 0 bridgehead atoms. The summed E-state index contributed by atoms with van der Waals surface area (Å²) in [7, 11) is -4.18. The topological polar surface area (TPSA) is 86.7 Å². The standard InChI is InChI=1S/C25H24F4N2O4S/c1-17(32)15-31(36(34,35)23-11-9-22(26)10-12-23)16-24(33)30-14-18-3-2-4-20(13-18)19-5-7-21(8-6-19)25(27,28)29/h2-13,17,32H,14-16H2,1H3,(H,30,33). The van der Waals surface area contributed by atoms with Gasteiger partial charge < -0.3 is 10.4 Å². The minimum atomic E-state index is -4.43. The first-order valence-electron chi connectivity index (χ1n) is 10.8. The molecule has 3 rings (SSSR count). The average Bonchev–Trinajstić information content (AvgIpc) is 2.82. The van der Waals surface area contributed by atoms with Gasteiger partial charge in [-0.2, -0.15) is 17.5 Å². The Labute approximate surface area is 206 Å². The van der Waals surface area contributed by atoms with Gasteiger partial charge in [-0.1, -0.05) is 30.3 Å². The molecule has 0 spiro atoms. The van der Waals surface area contributed by atoms with Crippen molar-refractivity contribution in [2.24, 2.45) is 0 Å². The van der Waals surface area contributed by atoms with Crippen LogP contribution >= 0.6 is 0 Å². The lowest BCUT2D eigenvalue weighted by Gasteiger charge is -2.23. The van der Waals surface area contributed by atoms with Crippen LogP contribution < -0.4 is 5.32 Å². The van der Waals surface area contributed by atoms with Crippen molar-refractivity contribution in [3.63, 3.8) is 0 Å². The lowest BCUT2D eigenvalue weighted by Crippen LogP contribution is -2.43. The number of carbonyl (C=O) groups is 1. The van der Waals surface area contributed by atoms with Crippen molar-refractivity contribution in [1.29, 1.82) is 0 Å². The molecule has 1 amide bonds. The summed E-state index contributed by atoms with van der Waals surface area (Å²) in [6.45, 7) is 0.476. The number of alkyl halides is 3. The molecule has 11 heteroatoms. The van der Waals surface area contributed by atoms with Gasteiger partial charge in [0.2, 0.25) is 15.9 Å². The van der Waals surface area contributed by atoms with E-state index in [1.807, 2.05) is 0 Å². The first kappa shape index (κ1) is 27.3. The van der Waals surface area contributed by atoms with Crippen molar-refractivity contribution in [3.05, 3.63) is 89.7 Å². The third kappa shape index (κ3) is 7.12. The highest BCUT2D eigenvalue weighted by Crippen LogP contribution is 2.31. The summed E-state index contributed by atoms with van der Waals surface area (Å²) in [4.78, 5) is 12.3. The van der Waals surface area contributed by atoms with E-state index in [0.29, 0.717) is 16.7 Å². The van der Waals surface area contributed by atoms with Gasteiger partial charge in [-0.15, -0.1) is 0 Å². The second-order valence-corrected chi connectivity index (χ2v) is 10.1. The Balaban J connectivity index is 1.69. The molecule has 0 saturated heterocycles. The Kier molecular flexibility index (Phi) is 8.49. The van der Waals surface area contributed by atoms with Gasteiger partial charge in [0, 0.05) is 13.1 Å². The molecule has 0 aliphatic heterocycles. The monoisotopic (exact) mass is 524 g/mol. The van der Waals surface area contributed by atoms with Crippen molar-refractivity contribution in [2.45, 2.75) is 30.6 Å². The third-order valence-electron chi connectivity index (χ3n) is 5.20. The maximum Gasteiger partial charge on any atom is 0.416 e. The number of nitrogens with zero attached hydrogens (tertiary/aromatic N) is 1. The molecule has 6 nitrogen and oxygen atoms in total. The van der Waals surface area contributed by atoms with Crippen LogP contribution in [0.1, 0.15) is 18.1 Å². The Hall–Kier alpha value is -3.28. The second-order valence-electron chi connectivity index (χ2n) is 8.15. The first-order valence-corrected chi connectivity index (χ1v) is 12.3. The fraction of sp³-hybridized carbons (Fsp3) is 0.240. The summed E-state index contributed by atoms with van der Waals surface area (Å²) >= 11 is 0. The zero-order valence-electron chi connectivity index (χ0n) is 19.2. The molecule has 0 heterocycles. The second kappa shape index (κ2) is 11.2. The number of amides is 1. The molecule has 3 aromatic rings. The van der Waals surface area contributed by atoms with E-state index in [4.69, 9.17) is 0 Å². The number of rotatable bonds is 9. The maximum atomic E-state index is 13.2. The molecular weight excluding hydrogens is 500 g/mol. The average molecular weight is 525 g/mol. The number of nitrogens with one attached hydrogen (secondary N) is 1. The predicted molar refractivity (Wildman–Crippen MR) is 126 cm³/mol. The SMILES string of the molecule is CC(O)CN(CC(=O)NCc1cccc(-c2ccc(C(F)(F)F)cc2)c1)S(=O)(=O)c1ccc(F)cc1. The van der Waals surface area contributed by atoms with Crippen LogP contribution in [-0.2, 0) is 27.5 Å². The zero-order valence-corrected chi connectivity index (χ0v) is 20.0. The summed E-state index contributed by atoms with van der Waals surface area (Å²) in [5.41, 5.74) is 1.09. The van der Waals surface area contributed by atoms with E-state index in [1.54, 1.807) is 24.3 Å². The summed E-state index contributed by atoms with van der Waals surface area (Å²) in [5, 5.41) is 12.3. The Morgan fingerprint density at radius 1 is 1.00 bits per heavy atom. The highest BCUT2D eigenvalue weighted by molar-refractivity contribution is 7.89. The predicted octanol–water partition coefficient (Wildman–Crippen LogP) is 4.20. The van der Waals surface area contributed by atoms with Crippen molar-refractivity contribution in [1.82, 2.24) is 9.62 Å². The molecule has 36 heavy (non-hydrogen) atoms. The molecule has 0 saturated carbocycles. The quantitative estimate of drug-likeness (QED) is 0.411. The molecule has 192 valence electrons. The van der Waals surface area contributed by atoms with E-state index in [9.17, 15) is 35.9 Å². The van der Waals surface area contributed by atoms with Gasteiger partial charge in [0.15, 0.2) is 0 Å². The molecule has 1 atom stereocenters. The lowest BCUT2D eigenvalue weighted by molar-refractivity contribution is -0.137. The molecular formula is C25H24F4N2O4S. The number of benzene rings is 3. The summed E-state index contributed by atoms with van der Waals surface area (Å²) < 4.78 is 78.2. The van der Waals surface area contributed by atoms with Crippen LogP contribution in [0.25, 0.3) is 11.1 Å². The normalized spacial score (nSPS) is 13.0. The van der Waals surface area contributed by atoms with Gasteiger partial charge in [-0.25, -0.2) is 12.8 Å². The zero-order chi connectivity index (χ0) is 26.5. The highest BCUT2D eigenvalue weighted by atomic mass is 32.2. The summed E-state index contributed by atoms with van der Waals surface area (Å²) in [6.07, 6.45) is -5.50. The number of hydrogen-bond donors (Lipinski definition) is 2. The van der Waals surface area contributed by atoms with E-state index in [0.717, 1.165) is 40.7 Å². The van der Waals surface area contributed by atoms with Crippen LogP contribution in [0.3, 0.4) is 0 Å². The Morgan fingerprint density at radius 3 is 2.22 bits per heavy atom. The summed E-state index contributed by atoms with van der Waals surface area (Å²) in [6, 6.07) is 15.6. The summed E-state index contributed by atoms with van der Waals surface area (Å²) in [5.74, 6) is -1.26. The molecule has 1 unspecified atom stereocenters. The lowest BCUT2D eigenvalue weighted by atomic mass is 10.0. The van der Waals surface area contributed by atoms with Crippen LogP contribution in [0, 0.1) is 5.82 Å². The van der Waals surface area contributed by atoms with Crippen molar-refractivity contribution >= 4 is 15.9 Å². The number of aliphatic hydroxyl groups is 1. The van der Waals surface area contributed by atoms with E-state index in [1.165, 1.54) is 19.1 Å². The molecule has 0 radical (unpaired) electrons. The van der Waals surface area contributed by atoms with E-state index in [-0.39, 0.29) is 18.0 Å². The van der Waals surface area contributed by atoms with Gasteiger partial charge in [-0.05, 0) is 66.1 Å². The number of hydrogen-bond acceptors (Lipinski definition) is 4. The van der Waals surface area contributed by atoms with E-state index in [2.05, 4.69) is 5.32 Å². The van der Waals surface area contributed by atoms with Crippen LogP contribution in [0.2, 0.25) is 0 Å². The molecule has 0 aliphatic carbocycles. The molecule has 0 aromatic heterocycles. The minimum Gasteiger partial charge on any atom is -0.392 e. The molecule has 3 aromatic carbocycles. The highest BCUT2D eigenvalue weighted by Gasteiger charge is 2.30. The number of halogens is 4. The van der Waals surface area contributed by atoms with Crippen LogP contribution in [0.5, 0.6) is 0 Å². The molecule has 2 N–H and O–H groups in total. The third-order valence-corrected chi connectivity index (χ3v) is 7.03. The number of sulfonamides is 1. The number of aliphatic hydroxyl groups excluding tert-OH is 1. The Bertz CT molecular complexity index is 1290. The smallest absolute Gasteiger partial charge is 0.392 e. The van der Waals surface area contributed by atoms with Gasteiger partial charge in [-0.3, -0.25) is 4.79 Å². The van der Waals surface area contributed by atoms with Gasteiger partial charge in [0.25, 0.3) is 0 Å². The maximum absolute atomic E-state index is 13.2. The van der Waals surface area contributed by atoms with Gasteiger partial charge >= 0.3 is 6.18 Å². The Morgan fingerprint density at radius 2 is 1.64 bits per heavy atom. The van der Waals surface area contributed by atoms with Crippen LogP contribution in [0.15, 0.2) is 77.7 Å². The minimum absolute atomic E-state index is 0.0341. The fourth-order valence-electron chi connectivity index (χ4n) is 3.43. The van der Waals surface area contributed by atoms with Crippen LogP contribution in [-0.4, -0.2) is 42.9 Å². The van der Waals surface area contributed by atoms with Crippen molar-refractivity contribution in [2.75, 3.05) is 13.1 Å². The van der Waals surface area contributed by atoms with E-state index >= 15 is 0 Å². The van der Waals surface area contributed by atoms with Crippen molar-refractivity contribution < 1.29 is 35.9 Å². The van der Waals surface area contributed by atoms with E-state index < -0.39 is 46.1 Å².